The molecule has 1 N–H and O–H groups in total. The standard InChI is InChI=1S/C31H28O5/c1-22-12-13-26-23(20-22)21-28(30(33)35-19-18-34-17-16-32)27-14-15-31(36-29(26)27,24-8-4-2-5-9-24)25-10-6-3-7-11-25/h2-15,20-21,32H,16-19H2,1H3. The first kappa shape index (κ1) is 23.8. The Morgan fingerprint density at radius 3 is 2.25 bits per heavy atom. The highest BCUT2D eigenvalue weighted by Crippen LogP contribution is 2.46. The molecule has 0 unspecified atom stereocenters. The minimum absolute atomic E-state index is 0.0712. The summed E-state index contributed by atoms with van der Waals surface area (Å²) in [5, 5.41) is 10.7. The van der Waals surface area contributed by atoms with Gasteiger partial charge in [0.15, 0.2) is 5.60 Å². The lowest BCUT2D eigenvalue weighted by molar-refractivity contribution is 0.0257. The Kier molecular flexibility index (Phi) is 6.85. The van der Waals surface area contributed by atoms with E-state index in [4.69, 9.17) is 19.3 Å². The predicted octanol–water partition coefficient (Wildman–Crippen LogP) is 5.66. The van der Waals surface area contributed by atoms with E-state index in [2.05, 4.69) is 24.3 Å². The van der Waals surface area contributed by atoms with E-state index in [1.165, 1.54) is 0 Å². The van der Waals surface area contributed by atoms with Crippen molar-refractivity contribution in [2.24, 2.45) is 0 Å². The molecular formula is C31H28O5. The number of fused-ring (bicyclic) bond motifs is 3. The summed E-state index contributed by atoms with van der Waals surface area (Å²) < 4.78 is 17.7. The lowest BCUT2D eigenvalue weighted by atomic mass is 9.82. The fourth-order valence-electron chi connectivity index (χ4n) is 4.64. The number of hydrogen-bond donors (Lipinski definition) is 1. The molecule has 0 saturated heterocycles. The van der Waals surface area contributed by atoms with Crippen molar-refractivity contribution in [3.05, 3.63) is 119 Å². The normalized spacial score (nSPS) is 13.7. The Bertz CT molecular complexity index is 1350. The summed E-state index contributed by atoms with van der Waals surface area (Å²) in [5.74, 6) is 0.202. The molecule has 5 rings (SSSR count). The molecule has 0 bridgehead atoms. The van der Waals surface area contributed by atoms with Crippen molar-refractivity contribution < 1.29 is 24.1 Å². The molecular weight excluding hydrogens is 452 g/mol. The van der Waals surface area contributed by atoms with Crippen LogP contribution in [0.15, 0.2) is 91.0 Å². The SMILES string of the molecule is Cc1ccc2c3c(c(C(=O)OCCOCCO)cc2c1)C=CC(c1ccccc1)(c1ccccc1)O3. The van der Waals surface area contributed by atoms with E-state index in [1.807, 2.05) is 79.7 Å². The van der Waals surface area contributed by atoms with Crippen molar-refractivity contribution in [1.82, 2.24) is 0 Å². The Balaban J connectivity index is 1.63. The number of aliphatic hydroxyl groups excluding tert-OH is 1. The molecule has 1 heterocycles. The number of hydrogen-bond acceptors (Lipinski definition) is 5. The van der Waals surface area contributed by atoms with Gasteiger partial charge < -0.3 is 19.3 Å². The Labute approximate surface area is 210 Å². The maximum absolute atomic E-state index is 13.2. The fourth-order valence-corrected chi connectivity index (χ4v) is 4.64. The highest BCUT2D eigenvalue weighted by atomic mass is 16.6. The Morgan fingerprint density at radius 2 is 1.58 bits per heavy atom. The molecule has 0 fully saturated rings. The molecule has 5 heteroatoms. The van der Waals surface area contributed by atoms with Gasteiger partial charge in [0.25, 0.3) is 0 Å². The first-order chi connectivity index (χ1) is 17.6. The van der Waals surface area contributed by atoms with Crippen molar-refractivity contribution in [2.45, 2.75) is 12.5 Å². The van der Waals surface area contributed by atoms with Gasteiger partial charge in [0.1, 0.15) is 12.4 Å². The molecule has 5 nitrogen and oxygen atoms in total. The van der Waals surface area contributed by atoms with Crippen LogP contribution in [0, 0.1) is 6.92 Å². The quantitative estimate of drug-likeness (QED) is 0.260. The third-order valence-electron chi connectivity index (χ3n) is 6.36. The van der Waals surface area contributed by atoms with Gasteiger partial charge in [0.05, 0.1) is 25.4 Å². The third kappa shape index (κ3) is 4.51. The smallest absolute Gasteiger partial charge is 0.338 e. The molecule has 0 radical (unpaired) electrons. The number of carbonyl (C=O) groups excluding carboxylic acids is 1. The summed E-state index contributed by atoms with van der Waals surface area (Å²) in [6, 6.07) is 28.2. The second-order valence-electron chi connectivity index (χ2n) is 8.77. The summed E-state index contributed by atoms with van der Waals surface area (Å²) in [7, 11) is 0. The maximum Gasteiger partial charge on any atom is 0.338 e. The van der Waals surface area contributed by atoms with Gasteiger partial charge in [-0.1, -0.05) is 84.4 Å². The first-order valence-corrected chi connectivity index (χ1v) is 12.0. The fraction of sp³-hybridized carbons (Fsp3) is 0.194. The van der Waals surface area contributed by atoms with E-state index >= 15 is 0 Å². The van der Waals surface area contributed by atoms with Crippen LogP contribution in [0.25, 0.3) is 16.8 Å². The van der Waals surface area contributed by atoms with Crippen molar-refractivity contribution in [2.75, 3.05) is 26.4 Å². The zero-order valence-corrected chi connectivity index (χ0v) is 20.1. The molecule has 0 atom stereocenters. The molecule has 0 amide bonds. The molecule has 36 heavy (non-hydrogen) atoms. The van der Waals surface area contributed by atoms with Crippen LogP contribution in [-0.2, 0) is 15.1 Å². The van der Waals surface area contributed by atoms with Crippen LogP contribution in [0.3, 0.4) is 0 Å². The average Bonchev–Trinajstić information content (AvgIpc) is 2.92. The lowest BCUT2D eigenvalue weighted by Gasteiger charge is -2.37. The number of aryl methyl sites for hydroxylation is 1. The first-order valence-electron chi connectivity index (χ1n) is 12.0. The highest BCUT2D eigenvalue weighted by Gasteiger charge is 2.38. The third-order valence-corrected chi connectivity index (χ3v) is 6.36. The molecule has 0 aromatic heterocycles. The Morgan fingerprint density at radius 1 is 0.889 bits per heavy atom. The summed E-state index contributed by atoms with van der Waals surface area (Å²) in [5.41, 5.74) is 3.35. The van der Waals surface area contributed by atoms with Gasteiger partial charge in [-0.3, -0.25) is 0 Å². The van der Waals surface area contributed by atoms with Crippen LogP contribution in [-0.4, -0.2) is 37.5 Å². The van der Waals surface area contributed by atoms with E-state index in [9.17, 15) is 4.79 Å². The van der Waals surface area contributed by atoms with Gasteiger partial charge in [0, 0.05) is 22.1 Å². The molecule has 0 saturated carbocycles. The second-order valence-corrected chi connectivity index (χ2v) is 8.77. The highest BCUT2D eigenvalue weighted by molar-refractivity contribution is 6.04. The van der Waals surface area contributed by atoms with Gasteiger partial charge in [-0.05, 0) is 30.5 Å². The van der Waals surface area contributed by atoms with Gasteiger partial charge in [-0.15, -0.1) is 0 Å². The molecule has 0 spiro atoms. The number of esters is 1. The maximum atomic E-state index is 13.2. The molecule has 4 aromatic carbocycles. The topological polar surface area (TPSA) is 65.0 Å². The van der Waals surface area contributed by atoms with Crippen LogP contribution in [0.2, 0.25) is 0 Å². The van der Waals surface area contributed by atoms with Crippen molar-refractivity contribution in [3.8, 4) is 5.75 Å². The summed E-state index contributed by atoms with van der Waals surface area (Å²) in [6.45, 7) is 2.48. The number of carbonyl (C=O) groups is 1. The van der Waals surface area contributed by atoms with Crippen molar-refractivity contribution in [3.63, 3.8) is 0 Å². The van der Waals surface area contributed by atoms with E-state index in [1.54, 1.807) is 0 Å². The number of ether oxygens (including phenoxy) is 3. The van der Waals surface area contributed by atoms with Gasteiger partial charge in [0.2, 0.25) is 0 Å². The Hall–Kier alpha value is -3.93. The van der Waals surface area contributed by atoms with E-state index in [0.717, 1.165) is 27.5 Å². The minimum atomic E-state index is -0.853. The van der Waals surface area contributed by atoms with Gasteiger partial charge >= 0.3 is 5.97 Å². The van der Waals surface area contributed by atoms with Crippen LogP contribution in [0.5, 0.6) is 5.75 Å². The largest absolute Gasteiger partial charge is 0.472 e. The molecule has 0 aliphatic carbocycles. The molecule has 4 aromatic rings. The van der Waals surface area contributed by atoms with Crippen LogP contribution in [0.4, 0.5) is 0 Å². The van der Waals surface area contributed by atoms with Crippen LogP contribution >= 0.6 is 0 Å². The molecule has 182 valence electrons. The predicted molar refractivity (Wildman–Crippen MR) is 140 cm³/mol. The monoisotopic (exact) mass is 480 g/mol. The van der Waals surface area contributed by atoms with E-state index in [0.29, 0.717) is 16.9 Å². The zero-order valence-electron chi connectivity index (χ0n) is 20.1. The zero-order chi connectivity index (χ0) is 25.0. The van der Waals surface area contributed by atoms with E-state index < -0.39 is 11.6 Å². The van der Waals surface area contributed by atoms with Crippen LogP contribution in [0.1, 0.15) is 32.6 Å². The second kappa shape index (κ2) is 10.4. The van der Waals surface area contributed by atoms with Gasteiger partial charge in [-0.25, -0.2) is 4.79 Å². The number of rotatable bonds is 8. The molecule has 1 aliphatic rings. The number of aliphatic hydroxyl groups is 1. The van der Waals surface area contributed by atoms with Crippen molar-refractivity contribution in [1.29, 1.82) is 0 Å². The number of benzene rings is 4. The molecule has 1 aliphatic heterocycles. The summed E-state index contributed by atoms with van der Waals surface area (Å²) in [6.07, 6.45) is 3.98. The average molecular weight is 481 g/mol. The van der Waals surface area contributed by atoms with Gasteiger partial charge in [-0.2, -0.15) is 0 Å². The lowest BCUT2D eigenvalue weighted by Crippen LogP contribution is -2.34. The van der Waals surface area contributed by atoms with Crippen molar-refractivity contribution >= 4 is 22.8 Å². The summed E-state index contributed by atoms with van der Waals surface area (Å²) in [4.78, 5) is 13.2. The van der Waals surface area contributed by atoms with E-state index in [-0.39, 0.29) is 26.4 Å². The van der Waals surface area contributed by atoms with Crippen LogP contribution < -0.4 is 4.74 Å². The minimum Gasteiger partial charge on any atom is -0.472 e. The summed E-state index contributed by atoms with van der Waals surface area (Å²) >= 11 is 0.